The van der Waals surface area contributed by atoms with Crippen molar-refractivity contribution in [2.75, 3.05) is 13.1 Å². The summed E-state index contributed by atoms with van der Waals surface area (Å²) in [6, 6.07) is 6.70. The zero-order chi connectivity index (χ0) is 16.0. The second-order valence-electron chi connectivity index (χ2n) is 6.70. The first-order chi connectivity index (χ1) is 11.2. The van der Waals surface area contributed by atoms with E-state index >= 15 is 0 Å². The van der Waals surface area contributed by atoms with Crippen LogP contribution < -0.4 is 10.5 Å². The first kappa shape index (κ1) is 14.5. The summed E-state index contributed by atoms with van der Waals surface area (Å²) in [4.78, 5) is 22.3. The molecule has 0 spiro atoms. The van der Waals surface area contributed by atoms with Gasteiger partial charge in [0.05, 0.1) is 26.0 Å². The number of rotatable bonds is 3. The van der Waals surface area contributed by atoms with Crippen LogP contribution in [0.1, 0.15) is 25.3 Å². The highest BCUT2D eigenvalue weighted by Gasteiger charge is 2.27. The van der Waals surface area contributed by atoms with Crippen molar-refractivity contribution in [3.63, 3.8) is 0 Å². The van der Waals surface area contributed by atoms with E-state index in [0.717, 1.165) is 29.5 Å². The van der Waals surface area contributed by atoms with Crippen LogP contribution in [-0.4, -0.2) is 33.7 Å². The van der Waals surface area contributed by atoms with Crippen molar-refractivity contribution in [1.29, 1.82) is 0 Å². The van der Waals surface area contributed by atoms with Crippen LogP contribution in [0.5, 0.6) is 0 Å². The third-order valence-electron chi connectivity index (χ3n) is 5.23. The number of likely N-dealkylation sites (N-methyl/N-ethyl adjacent to an activating group) is 1. The van der Waals surface area contributed by atoms with Crippen LogP contribution in [0.15, 0.2) is 29.3 Å². The summed E-state index contributed by atoms with van der Waals surface area (Å²) in [5.74, 6) is 0. The largest absolute Gasteiger partial charge is 0.349 e. The van der Waals surface area contributed by atoms with Gasteiger partial charge in [-0.3, -0.25) is 9.36 Å². The van der Waals surface area contributed by atoms with Gasteiger partial charge in [-0.05, 0) is 25.5 Å². The molecule has 1 unspecified atom stereocenters. The maximum Gasteiger partial charge on any atom is 0.277 e. The van der Waals surface area contributed by atoms with E-state index in [9.17, 15) is 4.79 Å². The van der Waals surface area contributed by atoms with Crippen molar-refractivity contribution in [2.45, 2.75) is 39.3 Å². The number of aromatic nitrogens is 3. The third-order valence-corrected chi connectivity index (χ3v) is 5.23. The maximum absolute atomic E-state index is 12.8. The topological polar surface area (TPSA) is 55.1 Å². The molecule has 4 rings (SSSR count). The number of hydrogen-bond donors (Lipinski definition) is 2. The highest BCUT2D eigenvalue weighted by atomic mass is 16.1. The van der Waals surface area contributed by atoms with Crippen molar-refractivity contribution < 1.29 is 4.90 Å². The van der Waals surface area contributed by atoms with Gasteiger partial charge < -0.3 is 9.88 Å². The molecule has 3 heterocycles. The van der Waals surface area contributed by atoms with Gasteiger partial charge in [0.1, 0.15) is 17.1 Å². The van der Waals surface area contributed by atoms with E-state index in [1.807, 2.05) is 6.07 Å². The molecule has 0 amide bonds. The Morgan fingerprint density at radius 1 is 1.43 bits per heavy atom. The Bertz CT molecular complexity index is 924. The minimum Gasteiger partial charge on any atom is -0.349 e. The average Bonchev–Trinajstić information content (AvgIpc) is 3.13. The monoisotopic (exact) mass is 311 g/mol. The molecule has 1 aromatic carbocycles. The maximum atomic E-state index is 12.8. The van der Waals surface area contributed by atoms with Crippen molar-refractivity contribution in [2.24, 2.45) is 0 Å². The normalized spacial score (nSPS) is 21.5. The number of likely N-dealkylation sites (tertiary alicyclic amines) is 1. The predicted octanol–water partition coefficient (Wildman–Crippen LogP) is 1.25. The summed E-state index contributed by atoms with van der Waals surface area (Å²) >= 11 is 0. The molecule has 1 aliphatic rings. The van der Waals surface area contributed by atoms with E-state index in [-0.39, 0.29) is 5.56 Å². The van der Waals surface area contributed by atoms with Crippen molar-refractivity contribution >= 4 is 21.9 Å². The predicted molar refractivity (Wildman–Crippen MR) is 92.0 cm³/mol. The summed E-state index contributed by atoms with van der Waals surface area (Å²) < 4.78 is 1.79. The molecule has 2 aromatic heterocycles. The van der Waals surface area contributed by atoms with E-state index in [1.165, 1.54) is 24.9 Å². The van der Waals surface area contributed by atoms with E-state index in [1.54, 1.807) is 15.8 Å². The lowest BCUT2D eigenvalue weighted by atomic mass is 10.2. The van der Waals surface area contributed by atoms with Gasteiger partial charge in [-0.1, -0.05) is 12.1 Å². The quantitative estimate of drug-likeness (QED) is 0.765. The number of fused-ring (bicyclic) bond motifs is 3. The van der Waals surface area contributed by atoms with Crippen LogP contribution in [0.25, 0.3) is 21.9 Å². The number of nitrogens with one attached hydrogen (secondary N) is 2. The zero-order valence-corrected chi connectivity index (χ0v) is 13.7. The summed E-state index contributed by atoms with van der Waals surface area (Å²) in [6.45, 7) is 7.38. The highest BCUT2D eigenvalue weighted by Crippen LogP contribution is 2.22. The molecule has 5 nitrogen and oxygen atoms in total. The van der Waals surface area contributed by atoms with Gasteiger partial charge >= 0.3 is 0 Å². The highest BCUT2D eigenvalue weighted by molar-refractivity contribution is 6.04. The fraction of sp³-hybridized carbons (Fsp3) is 0.444. The molecule has 3 aromatic rings. The van der Waals surface area contributed by atoms with Crippen LogP contribution in [-0.2, 0) is 6.54 Å². The van der Waals surface area contributed by atoms with Crippen LogP contribution in [0, 0.1) is 6.92 Å². The van der Waals surface area contributed by atoms with E-state index in [2.05, 4.69) is 35.9 Å². The summed E-state index contributed by atoms with van der Waals surface area (Å²) in [7, 11) is 0. The van der Waals surface area contributed by atoms with Gasteiger partial charge in [-0.2, -0.15) is 0 Å². The molecule has 0 aliphatic carbocycles. The molecule has 1 aliphatic heterocycles. The third kappa shape index (κ3) is 2.36. The van der Waals surface area contributed by atoms with Crippen molar-refractivity contribution in [3.05, 3.63) is 40.4 Å². The first-order valence-corrected chi connectivity index (χ1v) is 8.49. The van der Waals surface area contributed by atoms with Gasteiger partial charge in [0, 0.05) is 23.7 Å². The lowest BCUT2D eigenvalue weighted by molar-refractivity contribution is -0.911. The van der Waals surface area contributed by atoms with Gasteiger partial charge in [0.15, 0.2) is 0 Å². The molecule has 0 bridgehead atoms. The number of aryl methyl sites for hydroxylation is 1. The number of aromatic amines is 1. The number of H-pyrrole nitrogens is 1. The molecule has 23 heavy (non-hydrogen) atoms. The molecule has 2 atom stereocenters. The molecule has 1 saturated heterocycles. The number of benzene rings is 1. The fourth-order valence-corrected chi connectivity index (χ4v) is 3.95. The molecular weight excluding hydrogens is 288 g/mol. The van der Waals surface area contributed by atoms with E-state index < -0.39 is 0 Å². The molecule has 5 heteroatoms. The Balaban J connectivity index is 1.78. The lowest BCUT2D eigenvalue weighted by Gasteiger charge is -2.20. The van der Waals surface area contributed by atoms with Crippen molar-refractivity contribution in [1.82, 2.24) is 14.5 Å². The molecule has 120 valence electrons. The molecular formula is C18H23N4O+. The number of quaternary nitrogens is 1. The second kappa shape index (κ2) is 5.49. The van der Waals surface area contributed by atoms with Gasteiger partial charge in [0.25, 0.3) is 5.56 Å². The summed E-state index contributed by atoms with van der Waals surface area (Å²) in [5, 5.41) is 1.02. The van der Waals surface area contributed by atoms with E-state index in [0.29, 0.717) is 11.6 Å². The minimum atomic E-state index is 0.0474. The fourth-order valence-electron chi connectivity index (χ4n) is 3.95. The Kier molecular flexibility index (Phi) is 3.45. The second-order valence-corrected chi connectivity index (χ2v) is 6.70. The smallest absolute Gasteiger partial charge is 0.277 e. The molecule has 0 saturated carbocycles. The van der Waals surface area contributed by atoms with E-state index in [4.69, 9.17) is 0 Å². The number of nitrogens with zero attached hydrogens (tertiary/aromatic N) is 2. The number of hydrogen-bond acceptors (Lipinski definition) is 2. The Morgan fingerprint density at radius 3 is 3.13 bits per heavy atom. The summed E-state index contributed by atoms with van der Waals surface area (Å²) in [5.41, 5.74) is 3.63. The van der Waals surface area contributed by atoms with Crippen molar-refractivity contribution in [3.8, 4) is 0 Å². The van der Waals surface area contributed by atoms with Crippen LogP contribution >= 0.6 is 0 Å². The first-order valence-electron chi connectivity index (χ1n) is 8.49. The lowest BCUT2D eigenvalue weighted by Crippen LogP contribution is -3.13. The molecule has 2 N–H and O–H groups in total. The summed E-state index contributed by atoms with van der Waals surface area (Å²) in [6.07, 6.45) is 4.17. The standard InChI is InChI=1S/C18H22N4O/c1-3-21-8-4-5-13(21)10-22-11-19-16-14-7-6-12(2)9-15(14)20-17(16)18(22)23/h6-7,9,11,13,20H,3-5,8,10H2,1-2H3/p+1/t13-/m1/s1. The Labute approximate surface area is 134 Å². The van der Waals surface area contributed by atoms with Gasteiger partial charge in [0.2, 0.25) is 0 Å². The van der Waals surface area contributed by atoms with Crippen LogP contribution in [0.3, 0.4) is 0 Å². The molecule has 1 fully saturated rings. The van der Waals surface area contributed by atoms with Crippen LogP contribution in [0.2, 0.25) is 0 Å². The zero-order valence-electron chi connectivity index (χ0n) is 13.7. The Morgan fingerprint density at radius 2 is 2.30 bits per heavy atom. The van der Waals surface area contributed by atoms with Gasteiger partial charge in [-0.25, -0.2) is 4.98 Å². The van der Waals surface area contributed by atoms with Gasteiger partial charge in [-0.15, -0.1) is 0 Å². The Hall–Kier alpha value is -2.14. The minimum absolute atomic E-state index is 0.0474. The molecule has 0 radical (unpaired) electrons. The average molecular weight is 311 g/mol. The van der Waals surface area contributed by atoms with Crippen LogP contribution in [0.4, 0.5) is 0 Å². The SMILES string of the molecule is CC[NH+]1CCC[C@@H]1Cn1cnc2c([nH]c3cc(C)ccc32)c1=O.